The highest BCUT2D eigenvalue weighted by Crippen LogP contribution is 2.45. The Kier molecular flexibility index (Phi) is 4.90. The number of hydrogen-bond donors (Lipinski definition) is 0. The summed E-state index contributed by atoms with van der Waals surface area (Å²) >= 11 is 0. The van der Waals surface area contributed by atoms with Gasteiger partial charge >= 0.3 is 0 Å². The Morgan fingerprint density at radius 2 is 1.67 bits per heavy atom. The van der Waals surface area contributed by atoms with Crippen LogP contribution in [0.1, 0.15) is 35.1 Å². The van der Waals surface area contributed by atoms with Crippen molar-refractivity contribution in [2.24, 2.45) is 0 Å². The van der Waals surface area contributed by atoms with Gasteiger partial charge in [-0.2, -0.15) is 9.13 Å². The molecule has 0 bridgehead atoms. The molecule has 3 aromatic carbocycles. The highest BCUT2D eigenvalue weighted by Gasteiger charge is 2.43. The fourth-order valence-corrected chi connectivity index (χ4v) is 7.07. The molecule has 6 aromatic rings. The fourth-order valence-electron chi connectivity index (χ4n) is 7.07. The van der Waals surface area contributed by atoms with E-state index in [2.05, 4.69) is 119 Å². The van der Waals surface area contributed by atoms with Gasteiger partial charge in [-0.15, -0.1) is 0 Å². The van der Waals surface area contributed by atoms with Gasteiger partial charge in [0.05, 0.1) is 17.1 Å². The first kappa shape index (κ1) is 22.5. The Morgan fingerprint density at radius 3 is 2.62 bits per heavy atom. The molecule has 8 rings (SSSR count). The van der Waals surface area contributed by atoms with Crippen molar-refractivity contribution < 1.29 is 13.6 Å². The normalized spacial score (nSPS) is 18.1. The summed E-state index contributed by atoms with van der Waals surface area (Å²) < 4.78 is 11.5. The van der Waals surface area contributed by atoms with Gasteiger partial charge in [0.15, 0.2) is 25.0 Å². The second kappa shape index (κ2) is 8.51. The fraction of sp³-hybridized carbons (Fsp3) is 0.167. The molecular weight excluding hydrogens is 476 g/mol. The third kappa shape index (κ3) is 3.36. The molecule has 3 heteroatoms. The van der Waals surface area contributed by atoms with Crippen LogP contribution in [-0.2, 0) is 13.0 Å². The third-order valence-corrected chi connectivity index (χ3v) is 8.80. The van der Waals surface area contributed by atoms with E-state index in [1.54, 1.807) is 0 Å². The zero-order valence-electron chi connectivity index (χ0n) is 22.1. The average Bonchev–Trinajstić information content (AvgIpc) is 3.35. The van der Waals surface area contributed by atoms with Crippen LogP contribution >= 0.6 is 0 Å². The van der Waals surface area contributed by atoms with Gasteiger partial charge in [0.1, 0.15) is 11.2 Å². The molecule has 0 aliphatic carbocycles. The largest absolute Gasteiger partial charge is 0.455 e. The Balaban J connectivity index is 1.39. The van der Waals surface area contributed by atoms with Gasteiger partial charge < -0.3 is 4.42 Å². The molecule has 3 aromatic heterocycles. The Morgan fingerprint density at radius 1 is 0.821 bits per heavy atom. The van der Waals surface area contributed by atoms with Gasteiger partial charge in [0.25, 0.3) is 0 Å². The minimum absolute atomic E-state index is 0.189. The lowest BCUT2D eigenvalue weighted by Gasteiger charge is -2.32. The lowest BCUT2D eigenvalue weighted by molar-refractivity contribution is -0.723. The van der Waals surface area contributed by atoms with E-state index in [1.165, 1.54) is 55.6 Å². The van der Waals surface area contributed by atoms with Gasteiger partial charge in [-0.1, -0.05) is 55.1 Å². The van der Waals surface area contributed by atoms with E-state index in [-0.39, 0.29) is 6.04 Å². The molecule has 3 nitrogen and oxygen atoms in total. The van der Waals surface area contributed by atoms with Gasteiger partial charge in [-0.25, -0.2) is 0 Å². The zero-order valence-corrected chi connectivity index (χ0v) is 22.1. The second-order valence-corrected chi connectivity index (χ2v) is 11.1. The van der Waals surface area contributed by atoms with Crippen LogP contribution < -0.4 is 9.13 Å². The van der Waals surface area contributed by atoms with Gasteiger partial charge in [0.2, 0.25) is 11.4 Å². The molecule has 0 amide bonds. The summed E-state index contributed by atoms with van der Waals surface area (Å²) in [6.07, 6.45) is 6.46. The molecule has 39 heavy (non-hydrogen) atoms. The van der Waals surface area contributed by atoms with Crippen LogP contribution in [0.4, 0.5) is 0 Å². The van der Waals surface area contributed by atoms with E-state index in [4.69, 9.17) is 11.0 Å². The topological polar surface area (TPSA) is 20.9 Å². The first-order valence-electron chi connectivity index (χ1n) is 13.9. The maximum Gasteiger partial charge on any atom is 0.217 e. The molecule has 5 heterocycles. The Hall–Kier alpha value is -4.50. The number of fused-ring (bicyclic) bond motifs is 13. The van der Waals surface area contributed by atoms with E-state index in [1.807, 2.05) is 0 Å². The van der Waals surface area contributed by atoms with E-state index in [0.29, 0.717) is 5.92 Å². The molecule has 0 fully saturated rings. The SMILES string of the molecule is C=C1C[n+]2ccc(C)cc2-c2c(ccc3c2oc2ccccc23)CCC2c3ccccc3-c3cccc[n+]3C12. The summed E-state index contributed by atoms with van der Waals surface area (Å²) in [5.74, 6) is 0.334. The van der Waals surface area contributed by atoms with Crippen molar-refractivity contribution in [1.82, 2.24) is 0 Å². The molecule has 0 spiro atoms. The van der Waals surface area contributed by atoms with Crippen molar-refractivity contribution in [1.29, 1.82) is 0 Å². The number of allylic oxidation sites excluding steroid dienone is 1. The smallest absolute Gasteiger partial charge is 0.217 e. The third-order valence-electron chi connectivity index (χ3n) is 8.80. The van der Waals surface area contributed by atoms with Crippen molar-refractivity contribution in [3.05, 3.63) is 132 Å². The van der Waals surface area contributed by atoms with Crippen molar-refractivity contribution in [2.45, 2.75) is 38.3 Å². The standard InChI is InChI=1S/C36H30N2O/c1-23-18-20-37-22-24(2)35-29(26-9-3-4-10-27(26)31-12-7-8-19-38(31)35)16-14-25-15-17-30-28-11-5-6-13-33(28)39-36(30)34(25)32(37)21-23/h3-13,15,17-21,29,35H,2,14,16,22H2,1H3/q+2. The summed E-state index contributed by atoms with van der Waals surface area (Å²) in [6, 6.07) is 33.2. The van der Waals surface area contributed by atoms with Crippen LogP contribution in [0, 0.1) is 6.92 Å². The summed E-state index contributed by atoms with van der Waals surface area (Å²) in [4.78, 5) is 0. The number of aryl methyl sites for hydroxylation is 2. The molecule has 2 aliphatic rings. The molecule has 188 valence electrons. The highest BCUT2D eigenvalue weighted by atomic mass is 16.3. The Bertz CT molecular complexity index is 1950. The summed E-state index contributed by atoms with van der Waals surface area (Å²) in [5.41, 5.74) is 12.2. The second-order valence-electron chi connectivity index (χ2n) is 11.1. The number of furan rings is 1. The molecule has 0 radical (unpaired) electrons. The quantitative estimate of drug-likeness (QED) is 0.153. The maximum absolute atomic E-state index is 6.61. The summed E-state index contributed by atoms with van der Waals surface area (Å²) in [7, 11) is 0. The zero-order chi connectivity index (χ0) is 26.1. The van der Waals surface area contributed by atoms with Gasteiger partial charge in [-0.3, -0.25) is 0 Å². The lowest BCUT2D eigenvalue weighted by Crippen LogP contribution is -2.51. The minimum atomic E-state index is 0.189. The number of pyridine rings is 2. The van der Waals surface area contributed by atoms with Gasteiger partial charge in [-0.05, 0) is 54.7 Å². The van der Waals surface area contributed by atoms with Crippen molar-refractivity contribution in [3.8, 4) is 22.5 Å². The van der Waals surface area contributed by atoms with E-state index < -0.39 is 0 Å². The molecule has 2 unspecified atom stereocenters. The van der Waals surface area contributed by atoms with E-state index in [0.717, 1.165) is 30.6 Å². The first-order valence-corrected chi connectivity index (χ1v) is 13.9. The summed E-state index contributed by atoms with van der Waals surface area (Å²) in [6.45, 7) is 7.67. The molecular formula is C36H30N2O+2. The van der Waals surface area contributed by atoms with Crippen LogP contribution in [-0.4, -0.2) is 0 Å². The van der Waals surface area contributed by atoms with E-state index >= 15 is 0 Å². The Labute approximate surface area is 228 Å². The number of benzene rings is 3. The van der Waals surface area contributed by atoms with Crippen LogP contribution in [0.15, 0.2) is 120 Å². The number of aromatic nitrogens is 2. The van der Waals surface area contributed by atoms with Crippen molar-refractivity contribution in [2.75, 3.05) is 0 Å². The van der Waals surface area contributed by atoms with Crippen molar-refractivity contribution in [3.63, 3.8) is 0 Å². The first-order chi connectivity index (χ1) is 19.2. The average molecular weight is 507 g/mol. The van der Waals surface area contributed by atoms with Crippen LogP contribution in [0.3, 0.4) is 0 Å². The predicted octanol–water partition coefficient (Wildman–Crippen LogP) is 7.64. The minimum Gasteiger partial charge on any atom is -0.455 e. The monoisotopic (exact) mass is 506 g/mol. The molecule has 0 N–H and O–H groups in total. The highest BCUT2D eigenvalue weighted by molar-refractivity contribution is 6.09. The van der Waals surface area contributed by atoms with Crippen LogP contribution in [0.5, 0.6) is 0 Å². The maximum atomic E-state index is 6.61. The van der Waals surface area contributed by atoms with Crippen LogP contribution in [0.25, 0.3) is 44.5 Å². The molecule has 2 atom stereocenters. The molecule has 0 saturated heterocycles. The molecule has 2 aliphatic heterocycles. The van der Waals surface area contributed by atoms with Gasteiger partial charge in [0, 0.05) is 40.6 Å². The number of nitrogens with zero attached hydrogens (tertiary/aromatic N) is 2. The number of para-hydroxylation sites is 1. The van der Waals surface area contributed by atoms with Crippen LogP contribution in [0.2, 0.25) is 0 Å². The summed E-state index contributed by atoms with van der Waals surface area (Å²) in [5, 5.41) is 2.35. The molecule has 0 saturated carbocycles. The van der Waals surface area contributed by atoms with Crippen molar-refractivity contribution >= 4 is 21.9 Å². The number of rotatable bonds is 0. The number of hydrogen-bond acceptors (Lipinski definition) is 1. The lowest BCUT2D eigenvalue weighted by atomic mass is 9.76. The predicted molar refractivity (Wildman–Crippen MR) is 155 cm³/mol. The van der Waals surface area contributed by atoms with E-state index in [9.17, 15) is 0 Å².